The van der Waals surface area contributed by atoms with Gasteiger partial charge in [0.15, 0.2) is 0 Å². The second-order valence-electron chi connectivity index (χ2n) is 7.64. The van der Waals surface area contributed by atoms with Gasteiger partial charge in [0, 0.05) is 24.0 Å². The van der Waals surface area contributed by atoms with E-state index in [0.29, 0.717) is 0 Å². The van der Waals surface area contributed by atoms with Crippen molar-refractivity contribution in [2.45, 2.75) is 19.8 Å². The van der Waals surface area contributed by atoms with Gasteiger partial charge in [-0.15, -0.1) is 11.3 Å². The maximum Gasteiger partial charge on any atom is 0.141 e. The number of fused-ring (bicyclic) bond motifs is 1. The summed E-state index contributed by atoms with van der Waals surface area (Å²) in [5.41, 5.74) is 4.96. The lowest BCUT2D eigenvalue weighted by molar-refractivity contribution is 0.437. The number of nitrogens with zero attached hydrogens (tertiary/aromatic N) is 3. The summed E-state index contributed by atoms with van der Waals surface area (Å²) in [4.78, 5) is 12.8. The third-order valence-electron chi connectivity index (χ3n) is 5.74. The first-order chi connectivity index (χ1) is 13.8. The van der Waals surface area contributed by atoms with Crippen molar-refractivity contribution >= 4 is 27.4 Å². The molecule has 140 valence electrons. The van der Waals surface area contributed by atoms with Gasteiger partial charge in [-0.2, -0.15) is 0 Å². The number of hydrogen-bond acceptors (Lipinski definition) is 4. The molecule has 0 spiro atoms. The summed E-state index contributed by atoms with van der Waals surface area (Å²) in [7, 11) is 0. The lowest BCUT2D eigenvalue weighted by Crippen LogP contribution is -2.33. The van der Waals surface area contributed by atoms with Crippen LogP contribution in [0.5, 0.6) is 0 Å². The second kappa shape index (κ2) is 7.36. The molecule has 3 heterocycles. The largest absolute Gasteiger partial charge is 0.356 e. The highest BCUT2D eigenvalue weighted by Gasteiger charge is 2.21. The van der Waals surface area contributed by atoms with Crippen LogP contribution in [-0.4, -0.2) is 23.1 Å². The number of benzene rings is 2. The van der Waals surface area contributed by atoms with Crippen LogP contribution in [0.15, 0.2) is 66.3 Å². The Balaban J connectivity index is 1.54. The first-order valence-corrected chi connectivity index (χ1v) is 10.8. The predicted octanol–water partition coefficient (Wildman–Crippen LogP) is 6.26. The molecule has 1 saturated heterocycles. The van der Waals surface area contributed by atoms with Gasteiger partial charge in [0.2, 0.25) is 0 Å². The molecule has 3 nitrogen and oxygen atoms in total. The highest BCUT2D eigenvalue weighted by Crippen LogP contribution is 2.39. The minimum atomic E-state index is 0.807. The van der Waals surface area contributed by atoms with Crippen LogP contribution in [0.2, 0.25) is 0 Å². The number of piperidine rings is 1. The zero-order valence-corrected chi connectivity index (χ0v) is 16.8. The van der Waals surface area contributed by atoms with Gasteiger partial charge in [-0.25, -0.2) is 9.97 Å². The van der Waals surface area contributed by atoms with Crippen LogP contribution in [0, 0.1) is 5.92 Å². The number of thiophene rings is 1. The fourth-order valence-electron chi connectivity index (χ4n) is 4.00. The second-order valence-corrected chi connectivity index (χ2v) is 8.50. The van der Waals surface area contributed by atoms with E-state index >= 15 is 0 Å². The van der Waals surface area contributed by atoms with E-state index in [-0.39, 0.29) is 0 Å². The summed E-state index contributed by atoms with van der Waals surface area (Å²) in [5, 5.41) is 3.43. The van der Waals surface area contributed by atoms with Crippen molar-refractivity contribution in [1.29, 1.82) is 0 Å². The molecule has 5 rings (SSSR count). The molecular formula is C24H23N3S. The topological polar surface area (TPSA) is 29.0 Å². The Hall–Kier alpha value is -2.72. The molecule has 28 heavy (non-hydrogen) atoms. The fraction of sp³-hybridized carbons (Fsp3) is 0.250. The van der Waals surface area contributed by atoms with Gasteiger partial charge >= 0.3 is 0 Å². The first-order valence-electron chi connectivity index (χ1n) is 9.92. The lowest BCUT2D eigenvalue weighted by atomic mass is 9.98. The molecule has 0 N–H and O–H groups in total. The van der Waals surface area contributed by atoms with Crippen molar-refractivity contribution in [3.63, 3.8) is 0 Å². The number of hydrogen-bond donors (Lipinski definition) is 0. The Morgan fingerprint density at radius 2 is 1.54 bits per heavy atom. The molecule has 1 aliphatic heterocycles. The van der Waals surface area contributed by atoms with Gasteiger partial charge in [-0.05, 0) is 35.4 Å². The highest BCUT2D eigenvalue weighted by molar-refractivity contribution is 7.17. The molecule has 0 atom stereocenters. The van der Waals surface area contributed by atoms with E-state index < -0.39 is 0 Å². The van der Waals surface area contributed by atoms with E-state index in [2.05, 4.69) is 76.8 Å². The van der Waals surface area contributed by atoms with E-state index in [9.17, 15) is 0 Å². The van der Waals surface area contributed by atoms with Crippen LogP contribution >= 0.6 is 11.3 Å². The van der Waals surface area contributed by atoms with Crippen LogP contribution in [-0.2, 0) is 0 Å². The Kier molecular flexibility index (Phi) is 4.57. The minimum absolute atomic E-state index is 0.807. The molecule has 2 aromatic heterocycles. The van der Waals surface area contributed by atoms with Gasteiger partial charge in [-0.1, -0.05) is 61.5 Å². The van der Waals surface area contributed by atoms with Crippen molar-refractivity contribution < 1.29 is 0 Å². The summed E-state index contributed by atoms with van der Waals surface area (Å²) in [6.07, 6.45) is 4.18. The van der Waals surface area contributed by atoms with Crippen LogP contribution in [0.1, 0.15) is 19.8 Å². The molecule has 0 bridgehead atoms. The monoisotopic (exact) mass is 385 g/mol. The number of anilines is 1. The SMILES string of the molecule is CC1CCN(c2ncnc3scc(-c4ccc(-c5ccccc5)cc4)c23)CC1. The molecular weight excluding hydrogens is 362 g/mol. The quantitative estimate of drug-likeness (QED) is 0.417. The van der Waals surface area contributed by atoms with E-state index in [1.54, 1.807) is 17.7 Å². The molecule has 0 amide bonds. The van der Waals surface area contributed by atoms with Gasteiger partial charge in [0.05, 0.1) is 5.39 Å². The van der Waals surface area contributed by atoms with Crippen LogP contribution in [0.4, 0.5) is 5.82 Å². The smallest absolute Gasteiger partial charge is 0.141 e. The standard InChI is InChI=1S/C24H23N3S/c1-17-11-13-27(14-12-17)23-22-21(15-28-24(22)26-16-25-23)20-9-7-19(8-10-20)18-5-3-2-4-6-18/h2-10,15-17H,11-14H2,1H3. The molecule has 4 aromatic rings. The predicted molar refractivity (Wildman–Crippen MR) is 119 cm³/mol. The van der Waals surface area contributed by atoms with Crippen LogP contribution < -0.4 is 4.90 Å². The third kappa shape index (κ3) is 3.18. The Morgan fingerprint density at radius 1 is 0.857 bits per heavy atom. The van der Waals surface area contributed by atoms with E-state index in [1.165, 1.54) is 40.5 Å². The van der Waals surface area contributed by atoms with E-state index in [4.69, 9.17) is 4.98 Å². The van der Waals surface area contributed by atoms with Crippen molar-refractivity contribution in [1.82, 2.24) is 9.97 Å². The first kappa shape index (κ1) is 17.4. The van der Waals surface area contributed by atoms with Gasteiger partial charge < -0.3 is 4.90 Å². The summed E-state index contributed by atoms with van der Waals surface area (Å²) >= 11 is 1.71. The maximum atomic E-state index is 4.70. The molecule has 2 aromatic carbocycles. The molecule has 1 aliphatic rings. The lowest BCUT2D eigenvalue weighted by Gasteiger charge is -2.31. The maximum absolute atomic E-state index is 4.70. The van der Waals surface area contributed by atoms with Crippen LogP contribution in [0.25, 0.3) is 32.5 Å². The molecule has 0 aliphatic carbocycles. The summed E-state index contributed by atoms with van der Waals surface area (Å²) < 4.78 is 0. The molecule has 0 radical (unpaired) electrons. The normalized spacial score (nSPS) is 15.2. The van der Waals surface area contributed by atoms with Gasteiger partial charge in [0.1, 0.15) is 17.0 Å². The number of aromatic nitrogens is 2. The Morgan fingerprint density at radius 3 is 2.29 bits per heavy atom. The van der Waals surface area contributed by atoms with E-state index in [0.717, 1.165) is 29.7 Å². The zero-order valence-electron chi connectivity index (χ0n) is 16.0. The molecule has 0 saturated carbocycles. The molecule has 1 fully saturated rings. The van der Waals surface area contributed by atoms with E-state index in [1.807, 2.05) is 0 Å². The number of rotatable bonds is 3. The Bertz CT molecular complexity index is 1080. The average Bonchev–Trinajstić information content (AvgIpc) is 3.19. The van der Waals surface area contributed by atoms with Crippen molar-refractivity contribution in [3.8, 4) is 22.3 Å². The molecule has 0 unspecified atom stereocenters. The average molecular weight is 386 g/mol. The van der Waals surface area contributed by atoms with Crippen molar-refractivity contribution in [3.05, 3.63) is 66.3 Å². The van der Waals surface area contributed by atoms with Gasteiger partial charge in [-0.3, -0.25) is 0 Å². The highest BCUT2D eigenvalue weighted by atomic mass is 32.1. The Labute approximate surface area is 169 Å². The van der Waals surface area contributed by atoms with Crippen molar-refractivity contribution in [2.75, 3.05) is 18.0 Å². The summed E-state index contributed by atoms with van der Waals surface area (Å²) in [6.45, 7) is 4.50. The summed E-state index contributed by atoms with van der Waals surface area (Å²) in [5.74, 6) is 1.90. The minimum Gasteiger partial charge on any atom is -0.356 e. The molecule has 4 heteroatoms. The van der Waals surface area contributed by atoms with Crippen molar-refractivity contribution in [2.24, 2.45) is 5.92 Å². The summed E-state index contributed by atoms with van der Waals surface area (Å²) in [6, 6.07) is 19.4. The third-order valence-corrected chi connectivity index (χ3v) is 6.62. The zero-order chi connectivity index (χ0) is 18.9. The fourth-order valence-corrected chi connectivity index (χ4v) is 4.92. The van der Waals surface area contributed by atoms with Crippen LogP contribution in [0.3, 0.4) is 0 Å². The van der Waals surface area contributed by atoms with Gasteiger partial charge in [0.25, 0.3) is 0 Å².